The maximum absolute atomic E-state index is 11.9. The first-order valence-electron chi connectivity index (χ1n) is 5.49. The predicted octanol–water partition coefficient (Wildman–Crippen LogP) is 1.17. The maximum Gasteiger partial charge on any atom is 0.229 e. The fraction of sp³-hybridized carbons (Fsp3) is 0.700. The van der Waals surface area contributed by atoms with Gasteiger partial charge < -0.3 is 10.6 Å². The van der Waals surface area contributed by atoms with E-state index in [2.05, 4.69) is 27.8 Å². The van der Waals surface area contributed by atoms with Gasteiger partial charge in [-0.05, 0) is 33.2 Å². The van der Waals surface area contributed by atoms with Crippen molar-refractivity contribution in [2.45, 2.75) is 32.7 Å². The Hall–Kier alpha value is -1.01. The van der Waals surface area contributed by atoms with Gasteiger partial charge in [0.05, 0.1) is 0 Å². The molecule has 0 aliphatic carbocycles. The van der Waals surface area contributed by atoms with Crippen LogP contribution in [0.2, 0.25) is 0 Å². The van der Waals surface area contributed by atoms with Crippen molar-refractivity contribution in [3.8, 4) is 0 Å². The van der Waals surface area contributed by atoms with E-state index in [9.17, 15) is 4.79 Å². The third kappa shape index (κ3) is 2.76. The van der Waals surface area contributed by atoms with Crippen molar-refractivity contribution < 1.29 is 4.79 Å². The lowest BCUT2D eigenvalue weighted by Crippen LogP contribution is -2.40. The number of carbonyl (C=O) groups excluding carboxylic acids is 1. The molecule has 2 rings (SSSR count). The fourth-order valence-corrected chi connectivity index (χ4v) is 2.52. The van der Waals surface area contributed by atoms with E-state index in [0.29, 0.717) is 11.2 Å². The van der Waals surface area contributed by atoms with E-state index in [4.69, 9.17) is 0 Å². The van der Waals surface area contributed by atoms with Gasteiger partial charge in [-0.25, -0.2) is 0 Å². The molecule has 0 radical (unpaired) electrons. The lowest BCUT2D eigenvalue weighted by atomic mass is 9.93. The van der Waals surface area contributed by atoms with Crippen LogP contribution in [-0.4, -0.2) is 28.7 Å². The molecule has 0 bridgehead atoms. The normalized spacial score (nSPS) is 25.4. The van der Waals surface area contributed by atoms with Gasteiger partial charge >= 0.3 is 0 Å². The smallest absolute Gasteiger partial charge is 0.229 e. The summed E-state index contributed by atoms with van der Waals surface area (Å²) in [5, 5.41) is 15.4. The molecule has 2 unspecified atom stereocenters. The van der Waals surface area contributed by atoms with E-state index in [1.807, 2.05) is 6.92 Å². The van der Waals surface area contributed by atoms with E-state index in [1.165, 1.54) is 11.3 Å². The lowest BCUT2D eigenvalue weighted by Gasteiger charge is -2.26. The number of nitrogens with zero attached hydrogens (tertiary/aromatic N) is 2. The van der Waals surface area contributed by atoms with Gasteiger partial charge in [-0.3, -0.25) is 4.79 Å². The zero-order valence-electron chi connectivity index (χ0n) is 9.49. The van der Waals surface area contributed by atoms with Crippen LogP contribution in [0.25, 0.3) is 0 Å². The van der Waals surface area contributed by atoms with Gasteiger partial charge in [-0.15, -0.1) is 10.2 Å². The van der Waals surface area contributed by atoms with Gasteiger partial charge in [0.1, 0.15) is 5.01 Å². The zero-order valence-corrected chi connectivity index (χ0v) is 10.3. The minimum atomic E-state index is 0.0736. The molecule has 1 aromatic heterocycles. The second-order valence-electron chi connectivity index (χ2n) is 4.19. The molecule has 1 aliphatic heterocycles. The monoisotopic (exact) mass is 240 g/mol. The summed E-state index contributed by atoms with van der Waals surface area (Å²) in [6.45, 7) is 4.89. The highest BCUT2D eigenvalue weighted by Crippen LogP contribution is 2.20. The van der Waals surface area contributed by atoms with Crippen molar-refractivity contribution in [1.82, 2.24) is 15.5 Å². The highest BCUT2D eigenvalue weighted by Gasteiger charge is 2.25. The summed E-state index contributed by atoms with van der Waals surface area (Å²) >= 11 is 1.41. The minimum absolute atomic E-state index is 0.0736. The van der Waals surface area contributed by atoms with Crippen LogP contribution < -0.4 is 10.6 Å². The Morgan fingerprint density at radius 1 is 1.56 bits per heavy atom. The van der Waals surface area contributed by atoms with Crippen LogP contribution in [0.5, 0.6) is 0 Å². The molecule has 5 nitrogen and oxygen atoms in total. The summed E-state index contributed by atoms with van der Waals surface area (Å²) in [6.07, 6.45) is 1.79. The van der Waals surface area contributed by atoms with E-state index in [1.54, 1.807) is 0 Å². The first-order chi connectivity index (χ1) is 7.65. The van der Waals surface area contributed by atoms with Crippen LogP contribution in [0.15, 0.2) is 0 Å². The molecule has 1 fully saturated rings. The molecule has 1 aromatic rings. The Morgan fingerprint density at radius 3 is 3.00 bits per heavy atom. The molecule has 0 aromatic carbocycles. The molecular weight excluding hydrogens is 224 g/mol. The quantitative estimate of drug-likeness (QED) is 0.814. The molecule has 1 saturated heterocycles. The molecule has 16 heavy (non-hydrogen) atoms. The van der Waals surface area contributed by atoms with E-state index in [0.717, 1.165) is 24.4 Å². The van der Waals surface area contributed by atoms with Gasteiger partial charge in [0.25, 0.3) is 0 Å². The Labute approximate surface area is 98.7 Å². The van der Waals surface area contributed by atoms with Gasteiger partial charge in [0, 0.05) is 12.0 Å². The first-order valence-corrected chi connectivity index (χ1v) is 6.31. The van der Waals surface area contributed by atoms with Crippen LogP contribution in [0.4, 0.5) is 5.13 Å². The molecule has 0 saturated carbocycles. The second kappa shape index (κ2) is 4.88. The zero-order chi connectivity index (χ0) is 11.5. The number of nitrogens with one attached hydrogen (secondary N) is 2. The molecule has 1 amide bonds. The second-order valence-corrected chi connectivity index (χ2v) is 5.37. The average Bonchev–Trinajstić information content (AvgIpc) is 2.64. The van der Waals surface area contributed by atoms with Gasteiger partial charge in [0.2, 0.25) is 11.0 Å². The molecule has 88 valence electrons. The maximum atomic E-state index is 11.9. The third-order valence-electron chi connectivity index (χ3n) is 2.75. The van der Waals surface area contributed by atoms with Crippen molar-refractivity contribution in [3.05, 3.63) is 5.01 Å². The highest BCUT2D eigenvalue weighted by atomic mass is 32.1. The summed E-state index contributed by atoms with van der Waals surface area (Å²) in [6, 6.07) is 0.417. The molecule has 2 N–H and O–H groups in total. The van der Waals surface area contributed by atoms with Crippen LogP contribution >= 0.6 is 11.3 Å². The van der Waals surface area contributed by atoms with Gasteiger partial charge in [-0.2, -0.15) is 0 Å². The number of rotatable bonds is 2. The molecule has 6 heteroatoms. The largest absolute Gasteiger partial charge is 0.314 e. The lowest BCUT2D eigenvalue weighted by molar-refractivity contribution is -0.120. The summed E-state index contributed by atoms with van der Waals surface area (Å²) in [4.78, 5) is 11.9. The number of aryl methyl sites for hydroxylation is 1. The Balaban J connectivity index is 1.92. The number of aromatic nitrogens is 2. The first kappa shape index (κ1) is 11.5. The summed E-state index contributed by atoms with van der Waals surface area (Å²) < 4.78 is 0. The predicted molar refractivity (Wildman–Crippen MR) is 63.5 cm³/mol. The highest BCUT2D eigenvalue weighted by molar-refractivity contribution is 7.15. The number of piperidine rings is 1. The number of hydrogen-bond acceptors (Lipinski definition) is 5. The number of hydrogen-bond donors (Lipinski definition) is 2. The minimum Gasteiger partial charge on any atom is -0.314 e. The van der Waals surface area contributed by atoms with E-state index >= 15 is 0 Å². The van der Waals surface area contributed by atoms with E-state index < -0.39 is 0 Å². The van der Waals surface area contributed by atoms with Crippen LogP contribution in [0.1, 0.15) is 24.8 Å². The number of amides is 1. The topological polar surface area (TPSA) is 66.9 Å². The van der Waals surface area contributed by atoms with Crippen molar-refractivity contribution in [3.63, 3.8) is 0 Å². The number of carbonyl (C=O) groups is 1. The van der Waals surface area contributed by atoms with Crippen molar-refractivity contribution in [1.29, 1.82) is 0 Å². The standard InChI is InChI=1S/C10H16N4OS/c1-6-5-8(3-4-11-6)9(15)12-10-14-13-7(2)16-10/h6,8,11H,3-5H2,1-2H3,(H,12,14,15). The summed E-state index contributed by atoms with van der Waals surface area (Å²) in [5.74, 6) is 0.171. The molecule has 0 spiro atoms. The van der Waals surface area contributed by atoms with Gasteiger partial charge in [-0.1, -0.05) is 11.3 Å². The Kier molecular flexibility index (Phi) is 3.50. The third-order valence-corrected chi connectivity index (χ3v) is 3.50. The van der Waals surface area contributed by atoms with Gasteiger partial charge in [0.15, 0.2) is 0 Å². The SMILES string of the molecule is Cc1nnc(NC(=O)C2CCNC(C)C2)s1. The molecule has 1 aliphatic rings. The van der Waals surface area contributed by atoms with Crippen molar-refractivity contribution in [2.24, 2.45) is 5.92 Å². The van der Waals surface area contributed by atoms with Crippen molar-refractivity contribution >= 4 is 22.4 Å². The summed E-state index contributed by atoms with van der Waals surface area (Å²) in [7, 11) is 0. The molecule has 2 heterocycles. The fourth-order valence-electron chi connectivity index (χ4n) is 1.92. The summed E-state index contributed by atoms with van der Waals surface area (Å²) in [5.41, 5.74) is 0. The van der Waals surface area contributed by atoms with E-state index in [-0.39, 0.29) is 11.8 Å². The average molecular weight is 240 g/mol. The molecular formula is C10H16N4OS. The van der Waals surface area contributed by atoms with Crippen molar-refractivity contribution in [2.75, 3.05) is 11.9 Å². The molecule has 2 atom stereocenters. The van der Waals surface area contributed by atoms with Crippen LogP contribution in [0.3, 0.4) is 0 Å². The van der Waals surface area contributed by atoms with Crippen LogP contribution in [0, 0.1) is 12.8 Å². The number of anilines is 1. The van der Waals surface area contributed by atoms with Crippen LogP contribution in [-0.2, 0) is 4.79 Å². The Bertz CT molecular complexity index is 379. The Morgan fingerprint density at radius 2 is 2.38 bits per heavy atom.